The van der Waals surface area contributed by atoms with Gasteiger partial charge in [-0.1, -0.05) is 109 Å². The van der Waals surface area contributed by atoms with Crippen LogP contribution < -0.4 is 0 Å². The van der Waals surface area contributed by atoms with Crippen LogP contribution in [-0.2, 0) is 32.8 Å². The van der Waals surface area contributed by atoms with E-state index in [0.29, 0.717) is 25.9 Å². The number of aromatic nitrogens is 1. The Hall–Kier alpha value is -4.68. The number of aromatic amines is 1. The van der Waals surface area contributed by atoms with E-state index in [0.717, 1.165) is 40.8 Å². The van der Waals surface area contributed by atoms with Crippen molar-refractivity contribution in [3.8, 4) is 0 Å². The smallest absolute Gasteiger partial charge is 0.313 e. The van der Waals surface area contributed by atoms with Crippen LogP contribution in [0.5, 0.6) is 0 Å². The van der Waals surface area contributed by atoms with E-state index in [4.69, 9.17) is 4.74 Å². The lowest BCUT2D eigenvalue weighted by Crippen LogP contribution is -2.65. The van der Waals surface area contributed by atoms with Crippen LogP contribution >= 0.6 is 0 Å². The average Bonchev–Trinajstić information content (AvgIpc) is 3.47. The summed E-state index contributed by atoms with van der Waals surface area (Å²) >= 11 is 0. The summed E-state index contributed by atoms with van der Waals surface area (Å²) in [5.74, 6) is -1.31. The van der Waals surface area contributed by atoms with Crippen LogP contribution in [0.15, 0.2) is 115 Å². The van der Waals surface area contributed by atoms with Crippen molar-refractivity contribution in [1.82, 2.24) is 14.8 Å². The van der Waals surface area contributed by atoms with Gasteiger partial charge in [0, 0.05) is 42.8 Å². The molecule has 2 aliphatic rings. The Balaban J connectivity index is 1.38. The van der Waals surface area contributed by atoms with Crippen molar-refractivity contribution in [2.24, 2.45) is 5.92 Å². The monoisotopic (exact) mass is 597 g/mol. The molecule has 1 amide bonds. The largest absolute Gasteiger partial charge is 0.466 e. The number of hydrogen-bond donors (Lipinski definition) is 1. The molecule has 0 unspecified atom stereocenters. The Bertz CT molecular complexity index is 1750. The van der Waals surface area contributed by atoms with Gasteiger partial charge in [0.15, 0.2) is 0 Å². The minimum Gasteiger partial charge on any atom is -0.466 e. The normalized spacial score (nSPS) is 20.0. The number of carbonyl (C=O) groups is 2. The summed E-state index contributed by atoms with van der Waals surface area (Å²) in [6, 6.07) is 38.8. The van der Waals surface area contributed by atoms with Crippen LogP contribution in [0.1, 0.15) is 47.2 Å². The number of nitrogens with one attached hydrogen (secondary N) is 1. The van der Waals surface area contributed by atoms with Crippen LogP contribution in [0.25, 0.3) is 10.9 Å². The van der Waals surface area contributed by atoms with Crippen molar-refractivity contribution in [2.75, 3.05) is 26.2 Å². The molecule has 5 aromatic rings. The molecule has 6 nitrogen and oxygen atoms in total. The summed E-state index contributed by atoms with van der Waals surface area (Å²) in [5.41, 5.74) is 5.43. The Morgan fingerprint density at radius 2 is 1.47 bits per heavy atom. The van der Waals surface area contributed by atoms with Gasteiger partial charge in [0.1, 0.15) is 0 Å². The molecule has 1 fully saturated rings. The van der Waals surface area contributed by atoms with Gasteiger partial charge in [0.2, 0.25) is 5.91 Å². The summed E-state index contributed by atoms with van der Waals surface area (Å²) in [4.78, 5) is 37.6. The minimum atomic E-state index is -0.884. The number of esters is 1. The number of fused-ring (bicyclic) bond motifs is 4. The highest BCUT2D eigenvalue weighted by Crippen LogP contribution is 2.50. The Labute approximate surface area is 264 Å². The second kappa shape index (κ2) is 12.4. The zero-order chi connectivity index (χ0) is 30.8. The van der Waals surface area contributed by atoms with Gasteiger partial charge in [0.05, 0.1) is 24.0 Å². The van der Waals surface area contributed by atoms with Crippen molar-refractivity contribution in [1.29, 1.82) is 0 Å². The maximum absolute atomic E-state index is 15.2. The highest BCUT2D eigenvalue weighted by Gasteiger charge is 2.58. The van der Waals surface area contributed by atoms with Crippen LogP contribution in [0.4, 0.5) is 0 Å². The van der Waals surface area contributed by atoms with Crippen LogP contribution in [0, 0.1) is 5.92 Å². The molecule has 1 aromatic heterocycles. The lowest BCUT2D eigenvalue weighted by atomic mass is 9.69. The standard InChI is InChI=1S/C39H39N3O3/c1-2-45-38(44)33-27-41(26-28-14-6-3-7-15-28)25-23-39(33)36-32(31-20-12-13-21-34(31)40-36)22-24-42(39)37(43)35(29-16-8-4-9-17-29)30-18-10-5-11-19-30/h3-21,33,35,40H,2,22-27H2,1H3/t33-,39-/m1/s1. The molecule has 0 radical (unpaired) electrons. The third-order valence-electron chi connectivity index (χ3n) is 9.74. The molecule has 45 heavy (non-hydrogen) atoms. The van der Waals surface area contributed by atoms with E-state index in [1.54, 1.807) is 0 Å². The molecule has 1 N–H and O–H groups in total. The summed E-state index contributed by atoms with van der Waals surface area (Å²) in [5, 5.41) is 1.16. The Kier molecular flexibility index (Phi) is 7.99. The first-order chi connectivity index (χ1) is 22.1. The number of hydrogen-bond acceptors (Lipinski definition) is 4. The summed E-state index contributed by atoms with van der Waals surface area (Å²) in [6.45, 7) is 4.64. The number of carbonyl (C=O) groups excluding carboxylic acids is 2. The van der Waals surface area contributed by atoms with E-state index in [-0.39, 0.29) is 18.5 Å². The molecule has 1 spiro atoms. The van der Waals surface area contributed by atoms with Gasteiger partial charge in [-0.2, -0.15) is 0 Å². The first-order valence-corrected chi connectivity index (χ1v) is 16.0. The SMILES string of the molecule is CCOC(=O)[C@H]1CN(Cc2ccccc2)CC[C@]12c1[nH]c3ccccc3c1CCN2C(=O)C(c1ccccc1)c1ccccc1. The number of amides is 1. The van der Waals surface area contributed by atoms with Crippen molar-refractivity contribution in [3.05, 3.63) is 143 Å². The number of ether oxygens (including phenoxy) is 1. The van der Waals surface area contributed by atoms with Crippen molar-refractivity contribution < 1.29 is 14.3 Å². The van der Waals surface area contributed by atoms with Crippen molar-refractivity contribution in [2.45, 2.75) is 37.8 Å². The maximum Gasteiger partial charge on any atom is 0.313 e. The lowest BCUT2D eigenvalue weighted by Gasteiger charge is -2.55. The predicted molar refractivity (Wildman–Crippen MR) is 177 cm³/mol. The van der Waals surface area contributed by atoms with E-state index < -0.39 is 17.4 Å². The van der Waals surface area contributed by atoms with E-state index in [1.807, 2.05) is 79.7 Å². The Morgan fingerprint density at radius 3 is 2.13 bits per heavy atom. The van der Waals surface area contributed by atoms with Gasteiger partial charge in [0.25, 0.3) is 0 Å². The molecule has 4 aromatic carbocycles. The fourth-order valence-corrected chi connectivity index (χ4v) is 7.74. The number of rotatable bonds is 7. The molecule has 1 saturated heterocycles. The molecular weight excluding hydrogens is 558 g/mol. The van der Waals surface area contributed by atoms with E-state index in [1.165, 1.54) is 11.1 Å². The van der Waals surface area contributed by atoms with E-state index in [2.05, 4.69) is 57.2 Å². The second-order valence-corrected chi connectivity index (χ2v) is 12.2. The summed E-state index contributed by atoms with van der Waals surface area (Å²) in [6.07, 6.45) is 1.33. The highest BCUT2D eigenvalue weighted by molar-refractivity contribution is 5.91. The van der Waals surface area contributed by atoms with Gasteiger partial charge in [-0.15, -0.1) is 0 Å². The zero-order valence-electron chi connectivity index (χ0n) is 25.7. The Morgan fingerprint density at radius 1 is 0.844 bits per heavy atom. The van der Waals surface area contributed by atoms with Gasteiger partial charge < -0.3 is 14.6 Å². The van der Waals surface area contributed by atoms with Gasteiger partial charge >= 0.3 is 5.97 Å². The third-order valence-corrected chi connectivity index (χ3v) is 9.74. The van der Waals surface area contributed by atoms with Gasteiger partial charge in [-0.25, -0.2) is 0 Å². The number of likely N-dealkylation sites (tertiary alicyclic amines) is 1. The molecule has 2 aliphatic heterocycles. The highest BCUT2D eigenvalue weighted by atomic mass is 16.5. The van der Waals surface area contributed by atoms with Gasteiger partial charge in [-0.3, -0.25) is 14.5 Å². The van der Waals surface area contributed by atoms with Crippen molar-refractivity contribution >= 4 is 22.8 Å². The van der Waals surface area contributed by atoms with Gasteiger partial charge in [-0.05, 0) is 48.1 Å². The molecule has 228 valence electrons. The first kappa shape index (κ1) is 29.1. The predicted octanol–water partition coefficient (Wildman–Crippen LogP) is 6.67. The fraction of sp³-hybridized carbons (Fsp3) is 0.282. The summed E-state index contributed by atoms with van der Waals surface area (Å²) in [7, 11) is 0. The quantitative estimate of drug-likeness (QED) is 0.213. The maximum atomic E-state index is 15.2. The molecule has 0 bridgehead atoms. The molecule has 3 heterocycles. The van der Waals surface area contributed by atoms with Crippen LogP contribution in [-0.4, -0.2) is 52.9 Å². The molecule has 2 atom stereocenters. The molecule has 0 saturated carbocycles. The number of piperidine rings is 1. The zero-order valence-corrected chi connectivity index (χ0v) is 25.7. The van der Waals surface area contributed by atoms with Crippen LogP contribution in [0.3, 0.4) is 0 Å². The van der Waals surface area contributed by atoms with E-state index in [9.17, 15) is 4.79 Å². The summed E-state index contributed by atoms with van der Waals surface area (Å²) < 4.78 is 5.84. The number of nitrogens with zero attached hydrogens (tertiary/aromatic N) is 2. The number of H-pyrrole nitrogens is 1. The van der Waals surface area contributed by atoms with E-state index >= 15 is 4.79 Å². The topological polar surface area (TPSA) is 65.6 Å². The second-order valence-electron chi connectivity index (χ2n) is 12.2. The van der Waals surface area contributed by atoms with Crippen LogP contribution in [0.2, 0.25) is 0 Å². The molecule has 7 rings (SSSR count). The number of para-hydroxylation sites is 1. The minimum absolute atomic E-state index is 0.0162. The average molecular weight is 598 g/mol. The first-order valence-electron chi connectivity index (χ1n) is 16.0. The van der Waals surface area contributed by atoms with Crippen molar-refractivity contribution in [3.63, 3.8) is 0 Å². The molecule has 0 aliphatic carbocycles. The lowest BCUT2D eigenvalue weighted by molar-refractivity contribution is -0.166. The fourth-order valence-electron chi connectivity index (χ4n) is 7.74. The molecule has 6 heteroatoms. The third kappa shape index (κ3) is 5.23. The molecular formula is C39H39N3O3. The number of benzene rings is 4.